The molecule has 4 nitrogen and oxygen atoms in total. The minimum Gasteiger partial charge on any atom is -0.339 e. The molecule has 1 aromatic heterocycles. The summed E-state index contributed by atoms with van der Waals surface area (Å²) in [5.41, 5.74) is 0.684. The third kappa shape index (κ3) is 2.70. The summed E-state index contributed by atoms with van der Waals surface area (Å²) < 4.78 is 1.94. The van der Waals surface area contributed by atoms with Crippen LogP contribution in [-0.2, 0) is 0 Å². The molecule has 2 rings (SSSR count). The van der Waals surface area contributed by atoms with Crippen molar-refractivity contribution in [2.45, 2.75) is 32.9 Å². The lowest BCUT2D eigenvalue weighted by atomic mass is 10.2. The first-order valence-electron chi connectivity index (χ1n) is 6.39. The zero-order valence-electron chi connectivity index (χ0n) is 11.1. The van der Waals surface area contributed by atoms with E-state index in [0.717, 1.165) is 19.6 Å². The van der Waals surface area contributed by atoms with Gasteiger partial charge in [0, 0.05) is 37.9 Å². The van der Waals surface area contributed by atoms with Gasteiger partial charge in [0.2, 0.25) is 0 Å². The highest BCUT2D eigenvalue weighted by atomic mass is 35.5. The highest BCUT2D eigenvalue weighted by molar-refractivity contribution is 6.31. The number of rotatable bonds is 2. The van der Waals surface area contributed by atoms with Crippen LogP contribution >= 0.6 is 11.6 Å². The fourth-order valence-corrected chi connectivity index (χ4v) is 2.53. The predicted molar refractivity (Wildman–Crippen MR) is 73.2 cm³/mol. The summed E-state index contributed by atoms with van der Waals surface area (Å²) in [6.07, 6.45) is 1.82. The molecule has 2 heterocycles. The van der Waals surface area contributed by atoms with Crippen molar-refractivity contribution in [3.8, 4) is 0 Å². The van der Waals surface area contributed by atoms with Gasteiger partial charge in [-0.3, -0.25) is 4.79 Å². The number of carbonyl (C=O) groups is 1. The Bertz CT molecular complexity index is 441. The highest BCUT2D eigenvalue weighted by Gasteiger charge is 2.24. The van der Waals surface area contributed by atoms with Crippen LogP contribution in [-0.4, -0.2) is 41.1 Å². The Hall–Kier alpha value is -1.00. The topological polar surface area (TPSA) is 37.3 Å². The molecule has 0 bridgehead atoms. The van der Waals surface area contributed by atoms with Gasteiger partial charge in [0.15, 0.2) is 0 Å². The van der Waals surface area contributed by atoms with E-state index in [-0.39, 0.29) is 11.9 Å². The summed E-state index contributed by atoms with van der Waals surface area (Å²) in [5.74, 6) is 0.0731. The van der Waals surface area contributed by atoms with Crippen LogP contribution in [0.25, 0.3) is 0 Å². The summed E-state index contributed by atoms with van der Waals surface area (Å²) in [4.78, 5) is 14.4. The number of carbonyl (C=O) groups excluding carboxylic acids is 1. The van der Waals surface area contributed by atoms with Gasteiger partial charge in [-0.15, -0.1) is 0 Å². The molecule has 18 heavy (non-hydrogen) atoms. The van der Waals surface area contributed by atoms with Crippen LogP contribution in [0.1, 0.15) is 37.3 Å². The van der Waals surface area contributed by atoms with Crippen molar-refractivity contribution in [3.63, 3.8) is 0 Å². The molecule has 5 heteroatoms. The molecule has 1 atom stereocenters. The van der Waals surface area contributed by atoms with Gasteiger partial charge < -0.3 is 14.8 Å². The summed E-state index contributed by atoms with van der Waals surface area (Å²) in [7, 11) is 0. The van der Waals surface area contributed by atoms with Crippen LogP contribution in [0, 0.1) is 0 Å². The zero-order chi connectivity index (χ0) is 13.3. The van der Waals surface area contributed by atoms with Gasteiger partial charge >= 0.3 is 0 Å². The van der Waals surface area contributed by atoms with Crippen LogP contribution in [0.5, 0.6) is 0 Å². The average Bonchev–Trinajstić information content (AvgIpc) is 2.70. The van der Waals surface area contributed by atoms with E-state index >= 15 is 0 Å². The third-order valence-electron chi connectivity index (χ3n) is 3.25. The first kappa shape index (κ1) is 13.4. The molecule has 0 saturated carbocycles. The van der Waals surface area contributed by atoms with E-state index < -0.39 is 0 Å². The lowest BCUT2D eigenvalue weighted by Gasteiger charge is -2.32. The van der Waals surface area contributed by atoms with E-state index in [4.69, 9.17) is 11.6 Å². The zero-order valence-corrected chi connectivity index (χ0v) is 11.9. The van der Waals surface area contributed by atoms with E-state index in [1.807, 2.05) is 29.5 Å². The summed E-state index contributed by atoms with van der Waals surface area (Å²) in [6, 6.07) is 2.34. The fraction of sp³-hybridized carbons (Fsp3) is 0.615. The normalized spacial score (nSPS) is 20.5. The van der Waals surface area contributed by atoms with Crippen molar-refractivity contribution in [2.24, 2.45) is 0 Å². The number of nitrogens with one attached hydrogen (secondary N) is 1. The van der Waals surface area contributed by atoms with Crippen LogP contribution in [0.2, 0.25) is 5.02 Å². The molecule has 1 saturated heterocycles. The Morgan fingerprint density at radius 2 is 2.28 bits per heavy atom. The van der Waals surface area contributed by atoms with Gasteiger partial charge in [0.25, 0.3) is 5.91 Å². The molecule has 1 aliphatic heterocycles. The van der Waals surface area contributed by atoms with Gasteiger partial charge in [0.05, 0.1) is 5.02 Å². The summed E-state index contributed by atoms with van der Waals surface area (Å²) in [6.45, 7) is 8.54. The Kier molecular flexibility index (Phi) is 3.97. The van der Waals surface area contributed by atoms with Crippen molar-refractivity contribution < 1.29 is 4.79 Å². The smallest absolute Gasteiger partial charge is 0.270 e. The maximum absolute atomic E-state index is 12.5. The monoisotopic (exact) mass is 269 g/mol. The van der Waals surface area contributed by atoms with Gasteiger partial charge in [-0.05, 0) is 26.8 Å². The van der Waals surface area contributed by atoms with Crippen molar-refractivity contribution >= 4 is 17.5 Å². The fourth-order valence-electron chi connectivity index (χ4n) is 2.32. The molecule has 0 aliphatic carbocycles. The molecule has 0 aromatic carbocycles. The Labute approximate surface area is 113 Å². The summed E-state index contributed by atoms with van der Waals surface area (Å²) in [5, 5.41) is 3.95. The van der Waals surface area contributed by atoms with Gasteiger partial charge in [0.1, 0.15) is 5.69 Å². The maximum Gasteiger partial charge on any atom is 0.270 e. The number of halogens is 1. The molecule has 0 unspecified atom stereocenters. The number of piperazine rings is 1. The molecule has 0 spiro atoms. The predicted octanol–water partition coefficient (Wildman–Crippen LogP) is 2.16. The van der Waals surface area contributed by atoms with Crippen molar-refractivity contribution in [1.82, 2.24) is 14.8 Å². The molecule has 1 aromatic rings. The molecule has 1 fully saturated rings. The number of amides is 1. The first-order chi connectivity index (χ1) is 8.49. The van der Waals surface area contributed by atoms with E-state index in [1.165, 1.54) is 0 Å². The second-order valence-electron chi connectivity index (χ2n) is 5.15. The molecular formula is C13H20ClN3O. The van der Waals surface area contributed by atoms with Crippen LogP contribution in [0.15, 0.2) is 12.3 Å². The van der Waals surface area contributed by atoms with Crippen LogP contribution in [0.4, 0.5) is 0 Å². The summed E-state index contributed by atoms with van der Waals surface area (Å²) >= 11 is 6.02. The van der Waals surface area contributed by atoms with Crippen molar-refractivity contribution in [2.75, 3.05) is 19.6 Å². The lowest BCUT2D eigenvalue weighted by molar-refractivity contribution is 0.0696. The second-order valence-corrected chi connectivity index (χ2v) is 5.59. The average molecular weight is 270 g/mol. The Balaban J connectivity index is 2.22. The SMILES string of the molecule is CC(C)n1cc(Cl)cc1C(=O)N1CCN[C@@H](C)C1. The molecule has 1 amide bonds. The Morgan fingerprint density at radius 1 is 1.56 bits per heavy atom. The second kappa shape index (κ2) is 5.33. The third-order valence-corrected chi connectivity index (χ3v) is 3.45. The largest absolute Gasteiger partial charge is 0.339 e. The highest BCUT2D eigenvalue weighted by Crippen LogP contribution is 2.20. The number of hydrogen-bond donors (Lipinski definition) is 1. The van der Waals surface area contributed by atoms with Crippen LogP contribution < -0.4 is 5.32 Å². The standard InChI is InChI=1S/C13H20ClN3O/c1-9(2)17-8-11(14)6-12(17)13(18)16-5-4-15-10(3)7-16/h6,8-10,15H,4-5,7H2,1-3H3/t10-/m0/s1. The van der Waals surface area contributed by atoms with E-state index in [9.17, 15) is 4.79 Å². The minimum absolute atomic E-state index is 0.0731. The number of hydrogen-bond acceptors (Lipinski definition) is 2. The maximum atomic E-state index is 12.5. The quantitative estimate of drug-likeness (QED) is 0.893. The van der Waals surface area contributed by atoms with E-state index in [1.54, 1.807) is 6.07 Å². The van der Waals surface area contributed by atoms with Crippen molar-refractivity contribution in [3.05, 3.63) is 23.0 Å². The molecule has 1 aliphatic rings. The molecular weight excluding hydrogens is 250 g/mol. The Morgan fingerprint density at radius 3 is 2.89 bits per heavy atom. The first-order valence-corrected chi connectivity index (χ1v) is 6.77. The molecule has 100 valence electrons. The van der Waals surface area contributed by atoms with Crippen LogP contribution in [0.3, 0.4) is 0 Å². The number of nitrogens with zero attached hydrogens (tertiary/aromatic N) is 2. The van der Waals surface area contributed by atoms with E-state index in [0.29, 0.717) is 16.8 Å². The molecule has 0 radical (unpaired) electrons. The van der Waals surface area contributed by atoms with Gasteiger partial charge in [-0.2, -0.15) is 0 Å². The van der Waals surface area contributed by atoms with Gasteiger partial charge in [-0.25, -0.2) is 0 Å². The number of aromatic nitrogens is 1. The van der Waals surface area contributed by atoms with Gasteiger partial charge in [-0.1, -0.05) is 11.6 Å². The lowest BCUT2D eigenvalue weighted by Crippen LogP contribution is -2.51. The minimum atomic E-state index is 0.0731. The van der Waals surface area contributed by atoms with Crippen molar-refractivity contribution in [1.29, 1.82) is 0 Å². The molecule has 1 N–H and O–H groups in total. The van der Waals surface area contributed by atoms with E-state index in [2.05, 4.69) is 12.2 Å².